The Morgan fingerprint density at radius 1 is 1.03 bits per heavy atom. The monoisotopic (exact) mass is 465 g/mol. The van der Waals surface area contributed by atoms with Crippen LogP contribution in [0.5, 0.6) is 28.7 Å². The van der Waals surface area contributed by atoms with Crippen molar-refractivity contribution in [3.63, 3.8) is 0 Å². The fraction of sp³-hybridized carbons (Fsp3) is 0.150. The largest absolute Gasteiger partial charge is 0.508 e. The van der Waals surface area contributed by atoms with E-state index in [4.69, 9.17) is 9.52 Å². The summed E-state index contributed by atoms with van der Waals surface area (Å²) in [5.41, 5.74) is -0.890. The molecule has 0 saturated carbocycles. The van der Waals surface area contributed by atoms with E-state index in [1.807, 2.05) is 0 Å². The lowest BCUT2D eigenvalue weighted by Crippen LogP contribution is -2.40. The molecule has 3 aromatic rings. The van der Waals surface area contributed by atoms with Gasteiger partial charge in [0.2, 0.25) is 17.1 Å². The molecule has 3 rings (SSSR count). The molecular weight excluding hydrogens is 446 g/mol. The highest BCUT2D eigenvalue weighted by Gasteiger charge is 2.19. The van der Waals surface area contributed by atoms with Crippen LogP contribution in [0.3, 0.4) is 0 Å². The first-order valence-electron chi connectivity index (χ1n) is 8.81. The molecule has 1 atom stereocenters. The van der Waals surface area contributed by atoms with E-state index in [1.54, 1.807) is 0 Å². The molecule has 0 aliphatic rings. The second-order valence-corrected chi connectivity index (χ2v) is 6.79. The number of fused-ring (bicyclic) bond motifs is 1. The maximum absolute atomic E-state index is 12.1. The van der Waals surface area contributed by atoms with Gasteiger partial charge in [-0.2, -0.15) is 12.6 Å². The predicted molar refractivity (Wildman–Crippen MR) is 115 cm³/mol. The highest BCUT2D eigenvalue weighted by Crippen LogP contribution is 2.37. The Bertz CT molecular complexity index is 1240. The molecule has 12 heteroatoms. The van der Waals surface area contributed by atoms with Crippen LogP contribution in [-0.2, 0) is 9.59 Å². The number of benzene rings is 2. The summed E-state index contributed by atoms with van der Waals surface area (Å²) >= 11 is 3.73. The summed E-state index contributed by atoms with van der Waals surface area (Å²) in [5.74, 6) is -4.03. The molecule has 0 spiro atoms. The minimum absolute atomic E-state index is 0.106. The zero-order valence-electron chi connectivity index (χ0n) is 16.4. The van der Waals surface area contributed by atoms with Gasteiger partial charge in [-0.3, -0.25) is 9.59 Å². The molecule has 0 radical (unpaired) electrons. The number of carboxylic acids is 1. The standard InChI is InChI=1S/C15H10O7.C5H9NO3S/c16-7-4-10(19)12-11(5-7)22-15(14(21)13(12)20)6-1-2-8(17)9(18)3-6;1-3(7)6-4(2-10)5(8)9/h1-5,16-19,21H;4,10H,2H2,1H3,(H,6,7)(H,8,9). The van der Waals surface area contributed by atoms with Gasteiger partial charge >= 0.3 is 5.97 Å². The van der Waals surface area contributed by atoms with Crippen LogP contribution < -0.4 is 10.7 Å². The molecule has 1 unspecified atom stereocenters. The molecule has 11 nitrogen and oxygen atoms in total. The van der Waals surface area contributed by atoms with Crippen molar-refractivity contribution in [2.75, 3.05) is 5.75 Å². The van der Waals surface area contributed by atoms with Crippen LogP contribution in [0.25, 0.3) is 22.3 Å². The third-order valence-electron chi connectivity index (χ3n) is 4.03. The molecule has 1 heterocycles. The summed E-state index contributed by atoms with van der Waals surface area (Å²) in [7, 11) is 0. The number of thiol groups is 1. The van der Waals surface area contributed by atoms with Crippen molar-refractivity contribution in [1.82, 2.24) is 5.32 Å². The second-order valence-electron chi connectivity index (χ2n) is 6.42. The van der Waals surface area contributed by atoms with Crippen LogP contribution in [0.15, 0.2) is 39.5 Å². The third kappa shape index (κ3) is 5.35. The molecule has 0 aliphatic heterocycles. The summed E-state index contributed by atoms with van der Waals surface area (Å²) < 4.78 is 5.35. The van der Waals surface area contributed by atoms with E-state index in [0.29, 0.717) is 0 Å². The first-order valence-corrected chi connectivity index (χ1v) is 9.44. The van der Waals surface area contributed by atoms with Crippen molar-refractivity contribution in [2.45, 2.75) is 13.0 Å². The lowest BCUT2D eigenvalue weighted by molar-refractivity contribution is -0.140. The van der Waals surface area contributed by atoms with E-state index >= 15 is 0 Å². The quantitative estimate of drug-likeness (QED) is 0.206. The van der Waals surface area contributed by atoms with Crippen molar-refractivity contribution >= 4 is 35.5 Å². The first kappa shape index (κ1) is 24.2. The SMILES string of the molecule is CC(=O)NC(CS)C(=O)O.O=c1c(O)c(-c2ccc(O)c(O)c2)oc2cc(O)cc(O)c12. The molecule has 1 amide bonds. The summed E-state index contributed by atoms with van der Waals surface area (Å²) in [6.07, 6.45) is 0. The van der Waals surface area contributed by atoms with E-state index in [2.05, 4.69) is 17.9 Å². The summed E-state index contributed by atoms with van der Waals surface area (Å²) in [5, 5.41) is 58.2. The van der Waals surface area contributed by atoms with Crippen LogP contribution in [0.1, 0.15) is 6.92 Å². The average Bonchev–Trinajstić information content (AvgIpc) is 2.70. The maximum Gasteiger partial charge on any atom is 0.327 e. The van der Waals surface area contributed by atoms with Gasteiger partial charge in [0.25, 0.3) is 0 Å². The van der Waals surface area contributed by atoms with Gasteiger partial charge in [-0.05, 0) is 18.2 Å². The molecule has 170 valence electrons. The number of rotatable bonds is 4. The molecule has 2 aromatic carbocycles. The molecule has 7 N–H and O–H groups in total. The predicted octanol–water partition coefficient (Wildman–Crippen LogP) is 1.49. The highest BCUT2D eigenvalue weighted by molar-refractivity contribution is 7.80. The van der Waals surface area contributed by atoms with Gasteiger partial charge in [0.05, 0.1) is 0 Å². The molecular formula is C20H19NO10S. The Morgan fingerprint density at radius 3 is 2.19 bits per heavy atom. The number of phenols is 4. The third-order valence-corrected chi connectivity index (χ3v) is 4.40. The van der Waals surface area contributed by atoms with Crippen LogP contribution in [0.2, 0.25) is 0 Å². The van der Waals surface area contributed by atoms with Gasteiger partial charge < -0.3 is 40.4 Å². The van der Waals surface area contributed by atoms with Crippen LogP contribution in [-0.4, -0.2) is 54.3 Å². The van der Waals surface area contributed by atoms with Crippen molar-refractivity contribution in [3.8, 4) is 40.1 Å². The molecule has 0 bridgehead atoms. The van der Waals surface area contributed by atoms with E-state index in [0.717, 1.165) is 24.3 Å². The molecule has 0 fully saturated rings. The van der Waals surface area contributed by atoms with Gasteiger partial charge in [0.1, 0.15) is 28.5 Å². The van der Waals surface area contributed by atoms with Crippen LogP contribution >= 0.6 is 12.6 Å². The Kier molecular flexibility index (Phi) is 7.44. The first-order chi connectivity index (χ1) is 15.0. The van der Waals surface area contributed by atoms with Gasteiger partial charge in [-0.25, -0.2) is 4.79 Å². The molecule has 32 heavy (non-hydrogen) atoms. The van der Waals surface area contributed by atoms with Crippen molar-refractivity contribution < 1.29 is 44.6 Å². The normalized spacial score (nSPS) is 11.3. The van der Waals surface area contributed by atoms with Gasteiger partial charge in [-0.1, -0.05) is 0 Å². The Balaban J connectivity index is 0.000000309. The van der Waals surface area contributed by atoms with Crippen molar-refractivity contribution in [3.05, 3.63) is 40.6 Å². The van der Waals surface area contributed by atoms with Gasteiger partial charge in [0, 0.05) is 30.4 Å². The minimum atomic E-state index is -1.06. The number of aliphatic carboxylic acids is 1. The average molecular weight is 465 g/mol. The Hall–Kier alpha value is -4.06. The highest BCUT2D eigenvalue weighted by atomic mass is 32.1. The van der Waals surface area contributed by atoms with E-state index < -0.39 is 34.7 Å². The maximum atomic E-state index is 12.1. The number of carbonyl (C=O) groups excluding carboxylic acids is 1. The fourth-order valence-corrected chi connectivity index (χ4v) is 2.81. The lowest BCUT2D eigenvalue weighted by Gasteiger charge is -2.08. The van der Waals surface area contributed by atoms with Crippen LogP contribution in [0, 0.1) is 0 Å². The topological polar surface area (TPSA) is 198 Å². The number of hydrogen-bond donors (Lipinski definition) is 8. The van der Waals surface area contributed by atoms with Gasteiger partial charge in [-0.15, -0.1) is 0 Å². The summed E-state index contributed by atoms with van der Waals surface area (Å²) in [4.78, 5) is 32.7. The molecule has 1 aromatic heterocycles. The number of aromatic hydroxyl groups is 5. The number of hydrogen-bond acceptors (Lipinski definition) is 10. The number of carboxylic acid groups (broad SMARTS) is 1. The zero-order valence-corrected chi connectivity index (χ0v) is 17.3. The Morgan fingerprint density at radius 2 is 1.69 bits per heavy atom. The zero-order chi connectivity index (χ0) is 24.2. The lowest BCUT2D eigenvalue weighted by atomic mass is 10.1. The van der Waals surface area contributed by atoms with Crippen LogP contribution in [0.4, 0.5) is 0 Å². The number of carbonyl (C=O) groups is 2. The minimum Gasteiger partial charge on any atom is -0.508 e. The fourth-order valence-electron chi connectivity index (χ4n) is 2.57. The number of amides is 1. The van der Waals surface area contributed by atoms with Crippen molar-refractivity contribution in [2.24, 2.45) is 0 Å². The van der Waals surface area contributed by atoms with Gasteiger partial charge in [0.15, 0.2) is 17.3 Å². The molecule has 0 saturated heterocycles. The summed E-state index contributed by atoms with van der Waals surface area (Å²) in [6.45, 7) is 1.26. The Labute approximate surface area is 185 Å². The number of nitrogens with one attached hydrogen (secondary N) is 1. The smallest absolute Gasteiger partial charge is 0.327 e. The summed E-state index contributed by atoms with van der Waals surface area (Å²) in [6, 6.07) is 4.77. The van der Waals surface area contributed by atoms with E-state index in [9.17, 15) is 39.9 Å². The van der Waals surface area contributed by atoms with E-state index in [1.165, 1.54) is 13.0 Å². The molecule has 0 aliphatic carbocycles. The second kappa shape index (κ2) is 9.83. The van der Waals surface area contributed by atoms with Crippen molar-refractivity contribution in [1.29, 1.82) is 0 Å². The van der Waals surface area contributed by atoms with E-state index in [-0.39, 0.29) is 45.5 Å². The number of phenolic OH excluding ortho intramolecular Hbond substituents is 4.